The smallest absolute Gasteiger partial charge is 0.253 e. The first-order valence-corrected chi connectivity index (χ1v) is 5.41. The highest BCUT2D eigenvalue weighted by molar-refractivity contribution is 6.33. The van der Waals surface area contributed by atoms with Crippen LogP contribution < -0.4 is 5.32 Å². The molecule has 0 aliphatic heterocycles. The highest BCUT2D eigenvalue weighted by Crippen LogP contribution is 2.16. The number of carbonyl (C=O) groups excluding carboxylic acids is 1. The summed E-state index contributed by atoms with van der Waals surface area (Å²) in [5.41, 5.74) is 0.330. The van der Waals surface area contributed by atoms with Gasteiger partial charge in [0, 0.05) is 5.54 Å². The number of hydrogen-bond acceptors (Lipinski definition) is 1. The van der Waals surface area contributed by atoms with Gasteiger partial charge < -0.3 is 5.32 Å². The first-order valence-electron chi connectivity index (χ1n) is 5.03. The van der Waals surface area contributed by atoms with Crippen molar-refractivity contribution >= 4 is 17.5 Å². The lowest BCUT2D eigenvalue weighted by Gasteiger charge is -2.24. The average Bonchev–Trinajstić information content (AvgIpc) is 2.17. The normalized spacial score (nSPS) is 11.2. The highest BCUT2D eigenvalue weighted by atomic mass is 35.5. The molecule has 0 unspecified atom stereocenters. The molecule has 1 aromatic rings. The Morgan fingerprint density at radius 3 is 2.53 bits per heavy atom. The molecule has 0 bridgehead atoms. The summed E-state index contributed by atoms with van der Waals surface area (Å²) < 4.78 is 0. The van der Waals surface area contributed by atoms with E-state index in [-0.39, 0.29) is 11.4 Å². The monoisotopic (exact) mass is 225 g/mol. The predicted octanol–water partition coefficient (Wildman–Crippen LogP) is 3.26. The molecule has 82 valence electrons. The van der Waals surface area contributed by atoms with Crippen LogP contribution in [-0.4, -0.2) is 11.4 Å². The molecule has 3 heteroatoms. The van der Waals surface area contributed by atoms with E-state index in [1.165, 1.54) is 0 Å². The minimum atomic E-state index is -0.198. The first kappa shape index (κ1) is 12.1. The number of halogens is 1. The standard InChI is InChI=1S/C12H16ClNO/c1-4-12(2,3)14-11(15)9-7-5-6-8-10(9)13/h5-8H,4H2,1-3H3,(H,14,15). The summed E-state index contributed by atoms with van der Waals surface area (Å²) in [6, 6.07) is 7.06. The molecular weight excluding hydrogens is 210 g/mol. The zero-order chi connectivity index (χ0) is 11.5. The molecule has 0 aliphatic rings. The maximum atomic E-state index is 11.8. The Morgan fingerprint density at radius 1 is 1.40 bits per heavy atom. The second-order valence-electron chi connectivity index (χ2n) is 4.17. The Bertz CT molecular complexity index is 360. The van der Waals surface area contributed by atoms with Crippen molar-refractivity contribution < 1.29 is 4.79 Å². The lowest BCUT2D eigenvalue weighted by atomic mass is 10.0. The van der Waals surface area contributed by atoms with Gasteiger partial charge in [-0.25, -0.2) is 0 Å². The van der Waals surface area contributed by atoms with Crippen molar-refractivity contribution in [2.24, 2.45) is 0 Å². The molecule has 0 fully saturated rings. The Balaban J connectivity index is 2.83. The van der Waals surface area contributed by atoms with Crippen molar-refractivity contribution in [3.8, 4) is 0 Å². The first-order chi connectivity index (χ1) is 6.96. The zero-order valence-corrected chi connectivity index (χ0v) is 10.1. The number of hydrogen-bond donors (Lipinski definition) is 1. The van der Waals surface area contributed by atoms with Crippen molar-refractivity contribution in [3.05, 3.63) is 34.9 Å². The van der Waals surface area contributed by atoms with Crippen molar-refractivity contribution in [2.45, 2.75) is 32.7 Å². The van der Waals surface area contributed by atoms with E-state index in [9.17, 15) is 4.79 Å². The van der Waals surface area contributed by atoms with Gasteiger partial charge in [-0.05, 0) is 32.4 Å². The van der Waals surface area contributed by atoms with Gasteiger partial charge in [0.05, 0.1) is 10.6 Å². The number of carbonyl (C=O) groups is 1. The van der Waals surface area contributed by atoms with Crippen LogP contribution in [0.25, 0.3) is 0 Å². The molecule has 1 aromatic carbocycles. The molecule has 0 radical (unpaired) electrons. The van der Waals surface area contributed by atoms with Gasteiger partial charge in [-0.2, -0.15) is 0 Å². The zero-order valence-electron chi connectivity index (χ0n) is 9.30. The van der Waals surface area contributed by atoms with Gasteiger partial charge in [-0.1, -0.05) is 30.7 Å². The van der Waals surface area contributed by atoms with Crippen LogP contribution in [0, 0.1) is 0 Å². The van der Waals surface area contributed by atoms with Crippen molar-refractivity contribution in [1.82, 2.24) is 5.32 Å². The summed E-state index contributed by atoms with van der Waals surface area (Å²) in [6.07, 6.45) is 0.878. The third-order valence-corrected chi connectivity index (χ3v) is 2.78. The summed E-state index contributed by atoms with van der Waals surface area (Å²) in [6.45, 7) is 6.01. The summed E-state index contributed by atoms with van der Waals surface area (Å²) in [7, 11) is 0. The van der Waals surface area contributed by atoms with Crippen LogP contribution in [0.5, 0.6) is 0 Å². The molecule has 0 heterocycles. The highest BCUT2D eigenvalue weighted by Gasteiger charge is 2.19. The van der Waals surface area contributed by atoms with Crippen LogP contribution in [-0.2, 0) is 0 Å². The summed E-state index contributed by atoms with van der Waals surface area (Å²) in [5.74, 6) is -0.118. The average molecular weight is 226 g/mol. The molecule has 15 heavy (non-hydrogen) atoms. The molecule has 1 rings (SSSR count). The lowest BCUT2D eigenvalue weighted by molar-refractivity contribution is 0.0911. The van der Waals surface area contributed by atoms with Crippen LogP contribution in [0.1, 0.15) is 37.6 Å². The van der Waals surface area contributed by atoms with Crippen molar-refractivity contribution in [3.63, 3.8) is 0 Å². The van der Waals surface area contributed by atoms with Gasteiger partial charge in [0.1, 0.15) is 0 Å². The molecule has 0 atom stereocenters. The summed E-state index contributed by atoms with van der Waals surface area (Å²) >= 11 is 5.93. The number of amides is 1. The van der Waals surface area contributed by atoms with Gasteiger partial charge in [-0.15, -0.1) is 0 Å². The Labute approximate surface area is 95.6 Å². The fraction of sp³-hybridized carbons (Fsp3) is 0.417. The minimum Gasteiger partial charge on any atom is -0.347 e. The number of benzene rings is 1. The van der Waals surface area contributed by atoms with E-state index < -0.39 is 0 Å². The summed E-state index contributed by atoms with van der Waals surface area (Å²) in [4.78, 5) is 11.8. The van der Waals surface area contributed by atoms with Crippen LogP contribution in [0.4, 0.5) is 0 Å². The molecule has 1 amide bonds. The largest absolute Gasteiger partial charge is 0.347 e. The van der Waals surface area contributed by atoms with Gasteiger partial charge >= 0.3 is 0 Å². The molecule has 0 saturated carbocycles. The van der Waals surface area contributed by atoms with E-state index >= 15 is 0 Å². The fourth-order valence-electron chi connectivity index (χ4n) is 1.11. The van der Waals surface area contributed by atoms with Gasteiger partial charge in [0.15, 0.2) is 0 Å². The lowest BCUT2D eigenvalue weighted by Crippen LogP contribution is -2.42. The second kappa shape index (κ2) is 4.67. The SMILES string of the molecule is CCC(C)(C)NC(=O)c1ccccc1Cl. The van der Waals surface area contributed by atoms with Crippen LogP contribution in [0.3, 0.4) is 0 Å². The van der Waals surface area contributed by atoms with E-state index in [2.05, 4.69) is 5.32 Å². The van der Waals surface area contributed by atoms with E-state index in [0.717, 1.165) is 6.42 Å². The predicted molar refractivity (Wildman–Crippen MR) is 63.3 cm³/mol. The molecule has 0 aliphatic carbocycles. The van der Waals surface area contributed by atoms with Crippen LogP contribution >= 0.6 is 11.6 Å². The molecule has 1 N–H and O–H groups in total. The van der Waals surface area contributed by atoms with Crippen molar-refractivity contribution in [1.29, 1.82) is 0 Å². The maximum Gasteiger partial charge on any atom is 0.253 e. The second-order valence-corrected chi connectivity index (χ2v) is 4.58. The molecule has 2 nitrogen and oxygen atoms in total. The molecular formula is C12H16ClNO. The van der Waals surface area contributed by atoms with Crippen LogP contribution in [0.2, 0.25) is 5.02 Å². The van der Waals surface area contributed by atoms with E-state index in [0.29, 0.717) is 10.6 Å². The van der Waals surface area contributed by atoms with E-state index in [1.54, 1.807) is 18.2 Å². The van der Waals surface area contributed by atoms with E-state index in [1.807, 2.05) is 26.8 Å². The number of rotatable bonds is 3. The van der Waals surface area contributed by atoms with Crippen molar-refractivity contribution in [2.75, 3.05) is 0 Å². The Morgan fingerprint density at radius 2 is 2.00 bits per heavy atom. The maximum absolute atomic E-state index is 11.8. The fourth-order valence-corrected chi connectivity index (χ4v) is 1.33. The Hall–Kier alpha value is -1.02. The molecule has 0 aromatic heterocycles. The minimum absolute atomic E-state index is 0.118. The Kier molecular flexibility index (Phi) is 3.75. The number of nitrogens with one attached hydrogen (secondary N) is 1. The molecule has 0 spiro atoms. The third-order valence-electron chi connectivity index (χ3n) is 2.45. The van der Waals surface area contributed by atoms with E-state index in [4.69, 9.17) is 11.6 Å². The van der Waals surface area contributed by atoms with Crippen LogP contribution in [0.15, 0.2) is 24.3 Å². The molecule has 0 saturated heterocycles. The topological polar surface area (TPSA) is 29.1 Å². The summed E-state index contributed by atoms with van der Waals surface area (Å²) in [5, 5.41) is 3.43. The van der Waals surface area contributed by atoms with Gasteiger partial charge in [0.25, 0.3) is 5.91 Å². The third kappa shape index (κ3) is 3.24. The van der Waals surface area contributed by atoms with Gasteiger partial charge in [0.2, 0.25) is 0 Å². The quantitative estimate of drug-likeness (QED) is 0.841. The van der Waals surface area contributed by atoms with Gasteiger partial charge in [-0.3, -0.25) is 4.79 Å².